The molecule has 1 aromatic heterocycles. The van der Waals surface area contributed by atoms with E-state index in [-0.39, 0.29) is 0 Å². The first kappa shape index (κ1) is 28.8. The van der Waals surface area contributed by atoms with Gasteiger partial charge in [0.2, 0.25) is 0 Å². The predicted molar refractivity (Wildman–Crippen MR) is 217 cm³/mol. The van der Waals surface area contributed by atoms with Crippen molar-refractivity contribution in [3.05, 3.63) is 188 Å². The van der Waals surface area contributed by atoms with Gasteiger partial charge in [-0.3, -0.25) is 0 Å². The number of rotatable bonds is 5. The van der Waals surface area contributed by atoms with Crippen molar-refractivity contribution in [2.75, 3.05) is 4.90 Å². The monoisotopic (exact) mass is 653 g/mol. The predicted octanol–water partition coefficient (Wildman–Crippen LogP) is 14.3. The Kier molecular flexibility index (Phi) is 6.75. The van der Waals surface area contributed by atoms with E-state index in [0.29, 0.717) is 0 Å². The minimum atomic E-state index is 1.13. The summed E-state index contributed by atoms with van der Waals surface area (Å²) < 4.78 is 2.60. The zero-order chi connectivity index (χ0) is 33.0. The normalized spacial score (nSPS) is 11.6. The van der Waals surface area contributed by atoms with Gasteiger partial charge in [-0.15, -0.1) is 11.3 Å². The van der Waals surface area contributed by atoms with Crippen LogP contribution >= 0.6 is 11.3 Å². The molecule has 0 bridgehead atoms. The van der Waals surface area contributed by atoms with Crippen LogP contribution in [0.1, 0.15) is 0 Å². The van der Waals surface area contributed by atoms with Crippen LogP contribution in [0.5, 0.6) is 0 Å². The fourth-order valence-corrected chi connectivity index (χ4v) is 8.84. The Bertz CT molecular complexity index is 2870. The first-order chi connectivity index (χ1) is 24.8. The number of hydrogen-bond acceptors (Lipinski definition) is 2. The van der Waals surface area contributed by atoms with E-state index < -0.39 is 0 Å². The minimum Gasteiger partial charge on any atom is -0.309 e. The summed E-state index contributed by atoms with van der Waals surface area (Å²) in [6, 6.07) is 68.8. The van der Waals surface area contributed by atoms with Gasteiger partial charge in [0.05, 0.1) is 11.4 Å². The van der Waals surface area contributed by atoms with Gasteiger partial charge in [0, 0.05) is 31.2 Å². The van der Waals surface area contributed by atoms with Gasteiger partial charge in [0.1, 0.15) is 0 Å². The number of nitrogens with zero attached hydrogens (tertiary/aromatic N) is 1. The quantitative estimate of drug-likeness (QED) is 0.167. The number of hydrogen-bond donors (Lipinski definition) is 0. The van der Waals surface area contributed by atoms with E-state index in [9.17, 15) is 0 Å². The lowest BCUT2D eigenvalue weighted by Crippen LogP contribution is -2.11. The molecular formula is C48H31NS. The second-order valence-electron chi connectivity index (χ2n) is 12.9. The average Bonchev–Trinajstić information content (AvgIpc) is 3.58. The van der Waals surface area contributed by atoms with Crippen LogP contribution in [0.3, 0.4) is 0 Å². The van der Waals surface area contributed by atoms with Crippen LogP contribution in [0.25, 0.3) is 74.7 Å². The molecule has 0 saturated carbocycles. The second kappa shape index (κ2) is 11.7. The van der Waals surface area contributed by atoms with Gasteiger partial charge in [-0.05, 0) is 91.6 Å². The van der Waals surface area contributed by atoms with Crippen LogP contribution < -0.4 is 4.90 Å². The molecule has 0 fully saturated rings. The molecule has 2 heteroatoms. The third-order valence-electron chi connectivity index (χ3n) is 10.0. The summed E-state index contributed by atoms with van der Waals surface area (Å²) in [6.07, 6.45) is 0. The highest BCUT2D eigenvalue weighted by atomic mass is 32.1. The molecule has 0 saturated heterocycles. The molecule has 0 radical (unpaired) electrons. The summed E-state index contributed by atoms with van der Waals surface area (Å²) >= 11 is 1.86. The van der Waals surface area contributed by atoms with Gasteiger partial charge < -0.3 is 4.90 Å². The SMILES string of the molecule is c1cc(-c2ccc(N(c3cc4ccccc4c4ccccc34)c3cccc4sc5ccccc5c34)cc2)cc(-c2cccc3ccccc23)c1. The number of thiophene rings is 1. The summed E-state index contributed by atoms with van der Waals surface area (Å²) in [5, 5.41) is 10.1. The van der Waals surface area contributed by atoms with E-state index in [1.54, 1.807) is 0 Å². The molecule has 0 aliphatic heterocycles. The van der Waals surface area contributed by atoms with Crippen molar-refractivity contribution in [2.45, 2.75) is 0 Å². The number of benzene rings is 9. The Balaban J connectivity index is 1.17. The van der Waals surface area contributed by atoms with E-state index in [1.165, 1.54) is 86.1 Å². The zero-order valence-electron chi connectivity index (χ0n) is 27.3. The Morgan fingerprint density at radius 2 is 0.960 bits per heavy atom. The maximum atomic E-state index is 2.48. The van der Waals surface area contributed by atoms with Gasteiger partial charge >= 0.3 is 0 Å². The summed E-state index contributed by atoms with van der Waals surface area (Å²) in [5.41, 5.74) is 8.37. The van der Waals surface area contributed by atoms with Crippen molar-refractivity contribution in [3.63, 3.8) is 0 Å². The molecule has 1 heterocycles. The lowest BCUT2D eigenvalue weighted by atomic mass is 9.95. The van der Waals surface area contributed by atoms with Gasteiger partial charge in [-0.2, -0.15) is 0 Å². The Hall–Kier alpha value is -6.22. The minimum absolute atomic E-state index is 1.13. The molecule has 10 aromatic rings. The van der Waals surface area contributed by atoms with E-state index in [4.69, 9.17) is 0 Å². The van der Waals surface area contributed by atoms with Crippen LogP contribution in [0, 0.1) is 0 Å². The third-order valence-corrected chi connectivity index (χ3v) is 11.2. The van der Waals surface area contributed by atoms with E-state index in [0.717, 1.165) is 5.69 Å². The molecule has 1 nitrogen and oxygen atoms in total. The molecule has 0 aliphatic rings. The molecule has 10 rings (SSSR count). The summed E-state index contributed by atoms with van der Waals surface area (Å²) in [4.78, 5) is 2.48. The van der Waals surface area contributed by atoms with Crippen LogP contribution in [-0.2, 0) is 0 Å². The smallest absolute Gasteiger partial charge is 0.0555 e. The molecule has 0 unspecified atom stereocenters. The largest absolute Gasteiger partial charge is 0.309 e. The molecule has 9 aromatic carbocycles. The van der Waals surface area contributed by atoms with Crippen molar-refractivity contribution in [2.24, 2.45) is 0 Å². The van der Waals surface area contributed by atoms with Crippen molar-refractivity contribution < 1.29 is 0 Å². The Labute approximate surface area is 294 Å². The first-order valence-corrected chi connectivity index (χ1v) is 17.9. The van der Waals surface area contributed by atoms with E-state index >= 15 is 0 Å². The molecule has 0 atom stereocenters. The topological polar surface area (TPSA) is 3.24 Å². The van der Waals surface area contributed by atoms with Crippen LogP contribution in [0.2, 0.25) is 0 Å². The summed E-state index contributed by atoms with van der Waals surface area (Å²) in [7, 11) is 0. The maximum absolute atomic E-state index is 2.48. The highest BCUT2D eigenvalue weighted by molar-refractivity contribution is 7.26. The molecule has 50 heavy (non-hydrogen) atoms. The van der Waals surface area contributed by atoms with E-state index in [2.05, 4.69) is 193 Å². The molecule has 0 amide bonds. The van der Waals surface area contributed by atoms with Gasteiger partial charge in [0.25, 0.3) is 0 Å². The number of anilines is 3. The summed E-state index contributed by atoms with van der Waals surface area (Å²) in [6.45, 7) is 0. The second-order valence-corrected chi connectivity index (χ2v) is 14.0. The Morgan fingerprint density at radius 3 is 1.82 bits per heavy atom. The molecule has 0 aliphatic carbocycles. The zero-order valence-corrected chi connectivity index (χ0v) is 28.1. The average molecular weight is 654 g/mol. The Morgan fingerprint density at radius 1 is 0.340 bits per heavy atom. The standard InChI is InChI=1S/C48H31NS/c1-3-17-38-33(12-1)14-10-22-39(38)35-16-9-15-34(30-35)32-26-28-37(29-27-32)49(44-23-11-25-47-48(44)43-21-7-8-24-46(43)50-47)45-31-36-13-2-4-18-40(36)41-19-5-6-20-42(41)45/h1-31H. The lowest BCUT2D eigenvalue weighted by Gasteiger charge is -2.28. The lowest BCUT2D eigenvalue weighted by molar-refractivity contribution is 1.32. The summed E-state index contributed by atoms with van der Waals surface area (Å²) in [5.74, 6) is 0. The van der Waals surface area contributed by atoms with Crippen molar-refractivity contribution >= 4 is 80.9 Å². The van der Waals surface area contributed by atoms with Crippen LogP contribution in [0.15, 0.2) is 188 Å². The van der Waals surface area contributed by atoms with Gasteiger partial charge in [0.15, 0.2) is 0 Å². The van der Waals surface area contributed by atoms with Gasteiger partial charge in [-0.25, -0.2) is 0 Å². The van der Waals surface area contributed by atoms with Gasteiger partial charge in [-0.1, -0.05) is 146 Å². The maximum Gasteiger partial charge on any atom is 0.0555 e. The van der Waals surface area contributed by atoms with Crippen molar-refractivity contribution in [3.8, 4) is 22.3 Å². The van der Waals surface area contributed by atoms with Crippen molar-refractivity contribution in [1.29, 1.82) is 0 Å². The number of fused-ring (bicyclic) bond motifs is 7. The highest BCUT2D eigenvalue weighted by Gasteiger charge is 2.21. The molecule has 0 N–H and O–H groups in total. The van der Waals surface area contributed by atoms with E-state index in [1.807, 2.05) is 11.3 Å². The highest BCUT2D eigenvalue weighted by Crippen LogP contribution is 2.47. The fraction of sp³-hybridized carbons (Fsp3) is 0. The molecule has 0 spiro atoms. The molecular weight excluding hydrogens is 623 g/mol. The fourth-order valence-electron chi connectivity index (χ4n) is 7.72. The van der Waals surface area contributed by atoms with Crippen molar-refractivity contribution in [1.82, 2.24) is 0 Å². The first-order valence-electron chi connectivity index (χ1n) is 17.1. The molecule has 234 valence electrons. The van der Waals surface area contributed by atoms with Crippen LogP contribution in [0.4, 0.5) is 17.1 Å². The van der Waals surface area contributed by atoms with Crippen LogP contribution in [-0.4, -0.2) is 0 Å². The third kappa shape index (κ3) is 4.69.